The summed E-state index contributed by atoms with van der Waals surface area (Å²) in [5.41, 5.74) is 0.985. The van der Waals surface area contributed by atoms with Crippen molar-refractivity contribution in [3.05, 3.63) is 0 Å². The van der Waals surface area contributed by atoms with Gasteiger partial charge in [-0.3, -0.25) is 0 Å². The van der Waals surface area contributed by atoms with Gasteiger partial charge < -0.3 is 9.80 Å². The first-order valence-corrected chi connectivity index (χ1v) is 9.57. The monoisotopic (exact) mass is 308 g/mol. The molecule has 22 heavy (non-hydrogen) atoms. The Balaban J connectivity index is 1.74. The molecular weight excluding hydrogens is 268 g/mol. The molecule has 2 nitrogen and oxygen atoms in total. The molecule has 0 aliphatic carbocycles. The molecule has 0 amide bonds. The Hall–Kier alpha value is -0.0800. The average Bonchev–Trinajstić information content (AvgIpc) is 2.95. The predicted octanol–water partition coefficient (Wildman–Crippen LogP) is 4.65. The van der Waals surface area contributed by atoms with E-state index in [2.05, 4.69) is 51.5 Å². The number of rotatable bonds is 6. The van der Waals surface area contributed by atoms with E-state index in [9.17, 15) is 0 Å². The summed E-state index contributed by atoms with van der Waals surface area (Å²) in [7, 11) is 2.32. The molecule has 1 unspecified atom stereocenters. The molecule has 2 rings (SSSR count). The first-order chi connectivity index (χ1) is 10.1. The zero-order valence-electron chi connectivity index (χ0n) is 16.1. The molecule has 0 aromatic carbocycles. The second-order valence-electron chi connectivity index (χ2n) is 10.1. The molecule has 2 aliphatic heterocycles. The van der Waals surface area contributed by atoms with E-state index < -0.39 is 0 Å². The van der Waals surface area contributed by atoms with Crippen molar-refractivity contribution in [3.63, 3.8) is 0 Å². The maximum atomic E-state index is 2.72. The fourth-order valence-corrected chi connectivity index (χ4v) is 4.52. The third kappa shape index (κ3) is 5.85. The zero-order valence-corrected chi connectivity index (χ0v) is 16.1. The summed E-state index contributed by atoms with van der Waals surface area (Å²) in [6.07, 6.45) is 8.39. The standard InChI is InChI=1S/C20H40N2/c1-19(2,3)10-13-22-12-9-17(16-22)14-20(4,5)15-18-8-7-11-21(18)6/h17-18H,7-16H2,1-6H3/t17?,18-/m0/s1. The number of likely N-dealkylation sites (tertiary alicyclic amines) is 2. The number of hydrogen-bond donors (Lipinski definition) is 0. The fourth-order valence-electron chi connectivity index (χ4n) is 4.52. The normalized spacial score (nSPS) is 28.6. The lowest BCUT2D eigenvalue weighted by Gasteiger charge is -2.33. The molecule has 0 spiro atoms. The highest BCUT2D eigenvalue weighted by Crippen LogP contribution is 2.37. The van der Waals surface area contributed by atoms with Crippen LogP contribution >= 0.6 is 0 Å². The van der Waals surface area contributed by atoms with E-state index in [1.165, 1.54) is 64.7 Å². The van der Waals surface area contributed by atoms with E-state index in [1.807, 2.05) is 0 Å². The van der Waals surface area contributed by atoms with E-state index in [0.717, 1.165) is 12.0 Å². The van der Waals surface area contributed by atoms with E-state index in [4.69, 9.17) is 0 Å². The Bertz CT molecular complexity index is 342. The van der Waals surface area contributed by atoms with Crippen LogP contribution in [0.25, 0.3) is 0 Å². The Morgan fingerprint density at radius 2 is 1.68 bits per heavy atom. The lowest BCUT2D eigenvalue weighted by molar-refractivity contribution is 0.173. The van der Waals surface area contributed by atoms with Crippen LogP contribution in [0.5, 0.6) is 0 Å². The van der Waals surface area contributed by atoms with Crippen molar-refractivity contribution in [1.29, 1.82) is 0 Å². The highest BCUT2D eigenvalue weighted by molar-refractivity contribution is 4.87. The van der Waals surface area contributed by atoms with E-state index >= 15 is 0 Å². The van der Waals surface area contributed by atoms with Crippen LogP contribution in [0.1, 0.15) is 73.1 Å². The van der Waals surface area contributed by atoms with Gasteiger partial charge in [0.1, 0.15) is 0 Å². The molecule has 0 N–H and O–H groups in total. The van der Waals surface area contributed by atoms with Crippen LogP contribution in [0.4, 0.5) is 0 Å². The fraction of sp³-hybridized carbons (Fsp3) is 1.00. The summed E-state index contributed by atoms with van der Waals surface area (Å²) in [4.78, 5) is 5.31. The van der Waals surface area contributed by atoms with Gasteiger partial charge in [-0.25, -0.2) is 0 Å². The van der Waals surface area contributed by atoms with Crippen LogP contribution in [-0.2, 0) is 0 Å². The van der Waals surface area contributed by atoms with Gasteiger partial charge in [-0.1, -0.05) is 34.6 Å². The molecule has 130 valence electrons. The van der Waals surface area contributed by atoms with E-state index in [-0.39, 0.29) is 0 Å². The molecule has 0 aromatic heterocycles. The van der Waals surface area contributed by atoms with Gasteiger partial charge in [0.15, 0.2) is 0 Å². The van der Waals surface area contributed by atoms with Gasteiger partial charge in [-0.15, -0.1) is 0 Å². The largest absolute Gasteiger partial charge is 0.303 e. The van der Waals surface area contributed by atoms with Crippen molar-refractivity contribution in [2.75, 3.05) is 33.2 Å². The van der Waals surface area contributed by atoms with Crippen molar-refractivity contribution in [2.24, 2.45) is 16.7 Å². The smallest absolute Gasteiger partial charge is 0.00977 e. The van der Waals surface area contributed by atoms with Crippen LogP contribution < -0.4 is 0 Å². The first-order valence-electron chi connectivity index (χ1n) is 9.57. The Labute approximate surface area is 139 Å². The summed E-state index contributed by atoms with van der Waals surface area (Å²) in [5, 5.41) is 0. The van der Waals surface area contributed by atoms with Gasteiger partial charge >= 0.3 is 0 Å². The second-order valence-corrected chi connectivity index (χ2v) is 10.1. The second kappa shape index (κ2) is 7.21. The van der Waals surface area contributed by atoms with Crippen molar-refractivity contribution in [3.8, 4) is 0 Å². The molecule has 0 radical (unpaired) electrons. The van der Waals surface area contributed by atoms with Crippen LogP contribution in [0, 0.1) is 16.7 Å². The first kappa shape index (κ1) is 18.3. The third-order valence-corrected chi connectivity index (χ3v) is 5.85. The topological polar surface area (TPSA) is 6.48 Å². The van der Waals surface area contributed by atoms with Gasteiger partial charge in [-0.2, -0.15) is 0 Å². The van der Waals surface area contributed by atoms with Crippen molar-refractivity contribution in [1.82, 2.24) is 9.80 Å². The minimum absolute atomic E-state index is 0.477. The van der Waals surface area contributed by atoms with Gasteiger partial charge in [-0.05, 0) is 82.0 Å². The molecule has 2 fully saturated rings. The maximum absolute atomic E-state index is 2.72. The Kier molecular flexibility index (Phi) is 5.99. The lowest BCUT2D eigenvalue weighted by atomic mass is 9.77. The number of nitrogens with zero attached hydrogens (tertiary/aromatic N) is 2. The Morgan fingerprint density at radius 1 is 0.955 bits per heavy atom. The highest BCUT2D eigenvalue weighted by Gasteiger charge is 2.33. The third-order valence-electron chi connectivity index (χ3n) is 5.85. The highest BCUT2D eigenvalue weighted by atomic mass is 15.2. The van der Waals surface area contributed by atoms with Crippen LogP contribution in [0.2, 0.25) is 0 Å². The van der Waals surface area contributed by atoms with Gasteiger partial charge in [0.2, 0.25) is 0 Å². The summed E-state index contributed by atoms with van der Waals surface area (Å²) in [5.74, 6) is 0.932. The molecule has 2 heterocycles. The van der Waals surface area contributed by atoms with Crippen LogP contribution in [-0.4, -0.2) is 49.1 Å². The summed E-state index contributed by atoms with van der Waals surface area (Å²) in [6.45, 7) is 17.4. The SMILES string of the molecule is CN1CCC[C@H]1CC(C)(C)CC1CCN(CCC(C)(C)C)C1. The maximum Gasteiger partial charge on any atom is 0.00977 e. The Morgan fingerprint density at radius 3 is 2.27 bits per heavy atom. The molecule has 0 aromatic rings. The van der Waals surface area contributed by atoms with Crippen LogP contribution in [0.15, 0.2) is 0 Å². The molecule has 0 bridgehead atoms. The van der Waals surface area contributed by atoms with Gasteiger partial charge in [0, 0.05) is 12.6 Å². The molecule has 0 saturated carbocycles. The van der Waals surface area contributed by atoms with E-state index in [1.54, 1.807) is 0 Å². The molecule has 2 heteroatoms. The quantitative estimate of drug-likeness (QED) is 0.705. The van der Waals surface area contributed by atoms with Crippen LogP contribution in [0.3, 0.4) is 0 Å². The molecular formula is C20H40N2. The van der Waals surface area contributed by atoms with Crippen molar-refractivity contribution in [2.45, 2.75) is 79.2 Å². The van der Waals surface area contributed by atoms with Gasteiger partial charge in [0.25, 0.3) is 0 Å². The van der Waals surface area contributed by atoms with Crippen molar-refractivity contribution >= 4 is 0 Å². The lowest BCUT2D eigenvalue weighted by Crippen LogP contribution is -2.32. The van der Waals surface area contributed by atoms with Crippen molar-refractivity contribution < 1.29 is 0 Å². The minimum Gasteiger partial charge on any atom is -0.303 e. The summed E-state index contributed by atoms with van der Waals surface area (Å²) in [6, 6.07) is 0.841. The predicted molar refractivity (Wildman–Crippen MR) is 97.3 cm³/mol. The summed E-state index contributed by atoms with van der Waals surface area (Å²) >= 11 is 0. The minimum atomic E-state index is 0.477. The van der Waals surface area contributed by atoms with Gasteiger partial charge in [0.05, 0.1) is 0 Å². The van der Waals surface area contributed by atoms with E-state index in [0.29, 0.717) is 10.8 Å². The number of hydrogen-bond acceptors (Lipinski definition) is 2. The zero-order chi connectivity index (χ0) is 16.4. The average molecular weight is 309 g/mol. The molecule has 2 atom stereocenters. The molecule has 2 aliphatic rings. The summed E-state index contributed by atoms with van der Waals surface area (Å²) < 4.78 is 0. The molecule has 2 saturated heterocycles.